The van der Waals surface area contributed by atoms with Crippen LogP contribution in [-0.2, 0) is 11.8 Å². The molecule has 0 aliphatic carbocycles. The molecule has 0 saturated carbocycles. The second-order valence-corrected chi connectivity index (χ2v) is 4.90. The molecule has 16 heavy (non-hydrogen) atoms. The number of hydrogen-bond acceptors (Lipinski definition) is 4. The molecule has 0 amide bonds. The lowest BCUT2D eigenvalue weighted by Gasteiger charge is -2.23. The van der Waals surface area contributed by atoms with Crippen LogP contribution in [0.15, 0.2) is 0 Å². The zero-order valence-corrected chi connectivity index (χ0v) is 10.8. The maximum Gasteiger partial charge on any atom is 0.219 e. The Hall–Kier alpha value is -1.16. The zero-order valence-electron chi connectivity index (χ0n) is 10.8. The first-order chi connectivity index (χ1) is 7.40. The number of hydrogen-bond donors (Lipinski definition) is 1. The molecule has 0 radical (unpaired) electrons. The van der Waals surface area contributed by atoms with Crippen molar-refractivity contribution in [2.75, 3.05) is 13.7 Å². The molecule has 0 atom stereocenters. The number of rotatable bonds is 3. The highest BCUT2D eigenvalue weighted by Crippen LogP contribution is 2.29. The Kier molecular flexibility index (Phi) is 3.86. The number of aryl methyl sites for hydroxylation is 1. The van der Waals surface area contributed by atoms with E-state index in [0.29, 0.717) is 12.4 Å². The van der Waals surface area contributed by atoms with Crippen molar-refractivity contribution in [2.45, 2.75) is 39.5 Å². The molecule has 0 bridgehead atoms. The van der Waals surface area contributed by atoms with Gasteiger partial charge in [-0.1, -0.05) is 20.8 Å². The molecule has 0 aromatic carbocycles. The fourth-order valence-corrected chi connectivity index (χ4v) is 1.73. The highest BCUT2D eigenvalue weighted by Gasteiger charge is 2.23. The third kappa shape index (κ3) is 2.70. The van der Waals surface area contributed by atoms with Crippen molar-refractivity contribution < 1.29 is 4.74 Å². The number of ether oxygens (including phenoxy) is 1. The Morgan fingerprint density at radius 2 is 1.88 bits per heavy atom. The summed E-state index contributed by atoms with van der Waals surface area (Å²) in [5.41, 5.74) is 7.66. The molecule has 1 aromatic heterocycles. The van der Waals surface area contributed by atoms with E-state index in [1.54, 1.807) is 7.11 Å². The highest BCUT2D eigenvalue weighted by molar-refractivity contribution is 5.35. The van der Waals surface area contributed by atoms with Crippen molar-refractivity contribution in [3.05, 3.63) is 17.1 Å². The van der Waals surface area contributed by atoms with Crippen molar-refractivity contribution in [3.63, 3.8) is 0 Å². The summed E-state index contributed by atoms with van der Waals surface area (Å²) >= 11 is 0. The van der Waals surface area contributed by atoms with Gasteiger partial charge in [-0.3, -0.25) is 0 Å². The van der Waals surface area contributed by atoms with Crippen molar-refractivity contribution in [3.8, 4) is 5.88 Å². The van der Waals surface area contributed by atoms with Crippen molar-refractivity contribution in [2.24, 2.45) is 5.73 Å². The van der Waals surface area contributed by atoms with Gasteiger partial charge < -0.3 is 10.5 Å². The average molecular weight is 223 g/mol. The van der Waals surface area contributed by atoms with Gasteiger partial charge in [0.1, 0.15) is 5.82 Å². The predicted molar refractivity (Wildman–Crippen MR) is 64.8 cm³/mol. The van der Waals surface area contributed by atoms with Gasteiger partial charge in [0.25, 0.3) is 0 Å². The number of methoxy groups -OCH3 is 1. The summed E-state index contributed by atoms with van der Waals surface area (Å²) in [4.78, 5) is 8.82. The second kappa shape index (κ2) is 4.78. The van der Waals surface area contributed by atoms with Crippen LogP contribution in [0.1, 0.15) is 37.9 Å². The standard InChI is InChI=1S/C12H21N3O/c1-8-14-10(12(2,3)4)9(6-7-13)11(15-8)16-5/h6-7,13H2,1-5H3. The third-order valence-electron chi connectivity index (χ3n) is 2.38. The molecule has 1 rings (SSSR count). The molecule has 0 unspecified atom stereocenters. The van der Waals surface area contributed by atoms with E-state index in [0.717, 1.165) is 23.5 Å². The van der Waals surface area contributed by atoms with E-state index < -0.39 is 0 Å². The fraction of sp³-hybridized carbons (Fsp3) is 0.667. The minimum atomic E-state index is -0.0223. The highest BCUT2D eigenvalue weighted by atomic mass is 16.5. The van der Waals surface area contributed by atoms with E-state index in [-0.39, 0.29) is 5.41 Å². The fourth-order valence-electron chi connectivity index (χ4n) is 1.73. The van der Waals surface area contributed by atoms with E-state index in [4.69, 9.17) is 10.5 Å². The first kappa shape index (κ1) is 12.9. The molecule has 1 heterocycles. The van der Waals surface area contributed by atoms with E-state index in [2.05, 4.69) is 30.7 Å². The second-order valence-electron chi connectivity index (χ2n) is 4.90. The minimum Gasteiger partial charge on any atom is -0.481 e. The normalized spacial score (nSPS) is 11.6. The largest absolute Gasteiger partial charge is 0.481 e. The first-order valence-electron chi connectivity index (χ1n) is 5.52. The van der Waals surface area contributed by atoms with Crippen LogP contribution in [0.4, 0.5) is 0 Å². The summed E-state index contributed by atoms with van der Waals surface area (Å²) < 4.78 is 5.31. The monoisotopic (exact) mass is 223 g/mol. The molecule has 1 aromatic rings. The van der Waals surface area contributed by atoms with Gasteiger partial charge in [-0.05, 0) is 19.9 Å². The molecule has 0 aliphatic heterocycles. The van der Waals surface area contributed by atoms with Gasteiger partial charge in [-0.2, -0.15) is 4.98 Å². The summed E-state index contributed by atoms with van der Waals surface area (Å²) in [5.74, 6) is 1.39. The van der Waals surface area contributed by atoms with Crippen LogP contribution in [0.2, 0.25) is 0 Å². The molecule has 0 spiro atoms. The van der Waals surface area contributed by atoms with Gasteiger partial charge in [0.2, 0.25) is 5.88 Å². The third-order valence-corrected chi connectivity index (χ3v) is 2.38. The Morgan fingerprint density at radius 3 is 2.31 bits per heavy atom. The first-order valence-corrected chi connectivity index (χ1v) is 5.52. The maximum atomic E-state index is 5.62. The van der Waals surface area contributed by atoms with Gasteiger partial charge in [0.15, 0.2) is 0 Å². The number of nitrogens with zero attached hydrogens (tertiary/aromatic N) is 2. The maximum absolute atomic E-state index is 5.62. The molecular weight excluding hydrogens is 202 g/mol. The molecule has 0 saturated heterocycles. The number of nitrogens with two attached hydrogens (primary N) is 1. The van der Waals surface area contributed by atoms with Crippen LogP contribution in [0, 0.1) is 6.92 Å². The topological polar surface area (TPSA) is 61.0 Å². The van der Waals surface area contributed by atoms with Crippen molar-refractivity contribution in [1.82, 2.24) is 9.97 Å². The zero-order chi connectivity index (χ0) is 12.3. The Balaban J connectivity index is 3.38. The van der Waals surface area contributed by atoms with Crippen LogP contribution >= 0.6 is 0 Å². The van der Waals surface area contributed by atoms with Gasteiger partial charge in [0, 0.05) is 11.0 Å². The molecular formula is C12H21N3O. The van der Waals surface area contributed by atoms with Crippen molar-refractivity contribution in [1.29, 1.82) is 0 Å². The summed E-state index contributed by atoms with van der Waals surface area (Å²) in [6.45, 7) is 8.85. The van der Waals surface area contributed by atoms with Gasteiger partial charge >= 0.3 is 0 Å². The Bertz CT molecular complexity index is 369. The molecule has 4 heteroatoms. The van der Waals surface area contributed by atoms with Crippen LogP contribution in [0.5, 0.6) is 5.88 Å². The molecule has 0 fully saturated rings. The van der Waals surface area contributed by atoms with E-state index in [9.17, 15) is 0 Å². The summed E-state index contributed by atoms with van der Waals surface area (Å²) in [5, 5.41) is 0. The smallest absolute Gasteiger partial charge is 0.219 e. The van der Waals surface area contributed by atoms with E-state index in [1.165, 1.54) is 0 Å². The Morgan fingerprint density at radius 1 is 1.25 bits per heavy atom. The lowest BCUT2D eigenvalue weighted by molar-refractivity contribution is 0.385. The van der Waals surface area contributed by atoms with Crippen LogP contribution in [0.3, 0.4) is 0 Å². The molecule has 4 nitrogen and oxygen atoms in total. The lowest BCUT2D eigenvalue weighted by Crippen LogP contribution is -2.20. The Labute approximate surface area is 97.2 Å². The molecule has 0 aliphatic rings. The average Bonchev–Trinajstić information content (AvgIpc) is 2.18. The van der Waals surface area contributed by atoms with Gasteiger partial charge in [-0.15, -0.1) is 0 Å². The van der Waals surface area contributed by atoms with Crippen LogP contribution in [-0.4, -0.2) is 23.6 Å². The van der Waals surface area contributed by atoms with Crippen LogP contribution < -0.4 is 10.5 Å². The summed E-state index contributed by atoms with van der Waals surface area (Å²) in [6, 6.07) is 0. The lowest BCUT2D eigenvalue weighted by atomic mass is 9.87. The minimum absolute atomic E-state index is 0.0223. The quantitative estimate of drug-likeness (QED) is 0.845. The molecule has 2 N–H and O–H groups in total. The van der Waals surface area contributed by atoms with Gasteiger partial charge in [0.05, 0.1) is 12.8 Å². The summed E-state index contributed by atoms with van der Waals surface area (Å²) in [7, 11) is 1.63. The molecule has 90 valence electrons. The summed E-state index contributed by atoms with van der Waals surface area (Å²) in [6.07, 6.45) is 0.746. The van der Waals surface area contributed by atoms with E-state index >= 15 is 0 Å². The predicted octanol–water partition coefficient (Wildman–Crippen LogP) is 1.59. The van der Waals surface area contributed by atoms with Crippen molar-refractivity contribution >= 4 is 0 Å². The SMILES string of the molecule is COc1nc(C)nc(C(C)(C)C)c1CCN. The number of aromatic nitrogens is 2. The van der Waals surface area contributed by atoms with E-state index in [1.807, 2.05) is 6.92 Å². The van der Waals surface area contributed by atoms with Gasteiger partial charge in [-0.25, -0.2) is 4.98 Å². The van der Waals surface area contributed by atoms with Crippen LogP contribution in [0.25, 0.3) is 0 Å².